The number of carbonyl (C=O) groups is 1. The molecule has 0 radical (unpaired) electrons. The molecule has 2 saturated heterocycles. The van der Waals surface area contributed by atoms with E-state index in [0.717, 1.165) is 24.3 Å². The van der Waals surface area contributed by atoms with Gasteiger partial charge in [-0.25, -0.2) is 23.1 Å². The molecule has 0 unspecified atom stereocenters. The molecule has 3 aromatic heterocycles. The van der Waals surface area contributed by atoms with Crippen LogP contribution in [0, 0.1) is 0 Å². The highest BCUT2D eigenvalue weighted by Crippen LogP contribution is 2.24. The first kappa shape index (κ1) is 19.8. The van der Waals surface area contributed by atoms with Crippen LogP contribution >= 0.6 is 0 Å². The van der Waals surface area contributed by atoms with Crippen LogP contribution in [0.2, 0.25) is 0 Å². The highest BCUT2D eigenvalue weighted by molar-refractivity contribution is 7.89. The quantitative estimate of drug-likeness (QED) is 0.594. The number of amides is 1. The van der Waals surface area contributed by atoms with Crippen molar-refractivity contribution in [1.29, 1.82) is 0 Å². The lowest BCUT2D eigenvalue weighted by Gasteiger charge is -2.40. The van der Waals surface area contributed by atoms with Crippen LogP contribution < -0.4 is 20.3 Å². The molecule has 2 fully saturated rings. The summed E-state index contributed by atoms with van der Waals surface area (Å²) in [6.45, 7) is 3.25. The van der Waals surface area contributed by atoms with Crippen LogP contribution in [-0.2, 0) is 10.0 Å². The molecule has 31 heavy (non-hydrogen) atoms. The first-order valence-corrected chi connectivity index (χ1v) is 11.7. The summed E-state index contributed by atoms with van der Waals surface area (Å²) in [4.78, 5) is 21.3. The van der Waals surface area contributed by atoms with Gasteiger partial charge in [0, 0.05) is 44.3 Å². The minimum atomic E-state index is -3.76. The minimum Gasteiger partial charge on any atom is -0.371 e. The number of nitrogens with two attached hydrogens (primary N) is 1. The molecule has 2 aliphatic heterocycles. The average molecular weight is 442 g/mol. The number of nitrogens with one attached hydrogen (secondary N) is 1. The number of hydrogen-bond donors (Lipinski definition) is 2. The molecule has 3 aromatic rings. The summed E-state index contributed by atoms with van der Waals surface area (Å²) in [7, 11) is -3.76. The number of rotatable bonds is 5. The zero-order chi connectivity index (χ0) is 21.6. The maximum atomic E-state index is 12.9. The summed E-state index contributed by atoms with van der Waals surface area (Å²) in [6, 6.07) is 7.08. The Morgan fingerprint density at radius 3 is 2.55 bits per heavy atom. The molecule has 1 amide bonds. The highest BCUT2D eigenvalue weighted by atomic mass is 32.2. The van der Waals surface area contributed by atoms with E-state index in [1.807, 2.05) is 23.2 Å². The molecule has 5 rings (SSSR count). The lowest BCUT2D eigenvalue weighted by atomic mass is 10.1. The molecule has 2 aliphatic rings. The van der Waals surface area contributed by atoms with E-state index in [0.29, 0.717) is 24.5 Å². The fraction of sp³-hybridized carbons (Fsp3) is 0.350. The number of pyridine rings is 2. The van der Waals surface area contributed by atoms with Crippen molar-refractivity contribution in [2.24, 2.45) is 5.14 Å². The normalized spacial score (nSPS) is 17.2. The van der Waals surface area contributed by atoms with E-state index in [1.165, 1.54) is 25.1 Å². The SMILES string of the molecule is NS(=O)(=O)c1ccc(N2CC(NC(=O)c3cnn4ccc(N5CCCC5)cc34)C2)nc1. The number of nitrogens with zero attached hydrogens (tertiary/aromatic N) is 5. The molecule has 3 N–H and O–H groups in total. The topological polar surface area (TPSA) is 126 Å². The average Bonchev–Trinajstić information content (AvgIpc) is 3.39. The van der Waals surface area contributed by atoms with Crippen molar-refractivity contribution >= 4 is 33.0 Å². The summed E-state index contributed by atoms with van der Waals surface area (Å²) < 4.78 is 24.4. The van der Waals surface area contributed by atoms with E-state index in [1.54, 1.807) is 16.8 Å². The third-order valence-electron chi connectivity index (χ3n) is 5.81. The molecule has 11 heteroatoms. The molecule has 10 nitrogen and oxygen atoms in total. The zero-order valence-electron chi connectivity index (χ0n) is 16.8. The van der Waals surface area contributed by atoms with Gasteiger partial charge in [0.1, 0.15) is 10.7 Å². The van der Waals surface area contributed by atoms with Crippen molar-refractivity contribution in [1.82, 2.24) is 19.9 Å². The number of anilines is 2. The van der Waals surface area contributed by atoms with Gasteiger partial charge in [-0.05, 0) is 37.1 Å². The Morgan fingerprint density at radius 1 is 1.10 bits per heavy atom. The zero-order valence-corrected chi connectivity index (χ0v) is 17.6. The summed E-state index contributed by atoms with van der Waals surface area (Å²) in [5, 5.41) is 12.4. The van der Waals surface area contributed by atoms with Crippen LogP contribution in [-0.4, -0.2) is 61.1 Å². The van der Waals surface area contributed by atoms with Gasteiger partial charge in [-0.2, -0.15) is 5.10 Å². The Morgan fingerprint density at radius 2 is 1.87 bits per heavy atom. The Hall–Kier alpha value is -3.18. The Bertz CT molecular complexity index is 1230. The highest BCUT2D eigenvalue weighted by Gasteiger charge is 2.30. The number of carbonyl (C=O) groups excluding carboxylic acids is 1. The van der Waals surface area contributed by atoms with Crippen molar-refractivity contribution in [3.8, 4) is 0 Å². The number of hydrogen-bond acceptors (Lipinski definition) is 7. The molecule has 0 saturated carbocycles. The fourth-order valence-corrected chi connectivity index (χ4v) is 4.52. The molecule has 0 aliphatic carbocycles. The monoisotopic (exact) mass is 441 g/mol. The minimum absolute atomic E-state index is 0.0241. The molecule has 0 atom stereocenters. The van der Waals surface area contributed by atoms with Crippen molar-refractivity contribution in [2.75, 3.05) is 36.0 Å². The van der Waals surface area contributed by atoms with E-state index in [-0.39, 0.29) is 16.8 Å². The van der Waals surface area contributed by atoms with Crippen molar-refractivity contribution in [3.63, 3.8) is 0 Å². The fourth-order valence-electron chi connectivity index (χ4n) is 4.06. The second kappa shape index (κ2) is 7.50. The smallest absolute Gasteiger partial charge is 0.255 e. The maximum Gasteiger partial charge on any atom is 0.255 e. The van der Waals surface area contributed by atoms with Crippen molar-refractivity contribution in [2.45, 2.75) is 23.8 Å². The number of aromatic nitrogens is 3. The van der Waals surface area contributed by atoms with Crippen LogP contribution in [0.5, 0.6) is 0 Å². The molecule has 0 spiro atoms. The van der Waals surface area contributed by atoms with Crippen molar-refractivity contribution in [3.05, 3.63) is 48.4 Å². The Balaban J connectivity index is 1.24. The molecule has 162 valence electrons. The Labute approximate surface area is 179 Å². The standard InChI is InChI=1S/C20H23N7O3S/c21-31(29,30)16-3-4-19(22-10-16)26-12-14(13-26)24-20(28)17-11-23-27-8-5-15(9-18(17)27)25-6-1-2-7-25/h3-5,8-11,14H,1-2,6-7,12-13H2,(H,24,28)(H2,21,29,30). The third kappa shape index (κ3) is 3.81. The second-order valence-electron chi connectivity index (χ2n) is 7.94. The number of primary sulfonamides is 1. The molecular weight excluding hydrogens is 418 g/mol. The van der Waals surface area contributed by atoms with Crippen LogP contribution in [0.3, 0.4) is 0 Å². The van der Waals surface area contributed by atoms with Gasteiger partial charge in [-0.1, -0.05) is 0 Å². The van der Waals surface area contributed by atoms with Gasteiger partial charge >= 0.3 is 0 Å². The van der Waals surface area contributed by atoms with Crippen LogP contribution in [0.4, 0.5) is 11.5 Å². The van der Waals surface area contributed by atoms with E-state index in [4.69, 9.17) is 5.14 Å². The molecular formula is C20H23N7O3S. The maximum absolute atomic E-state index is 12.9. The Kier molecular flexibility index (Phi) is 4.78. The van der Waals surface area contributed by atoms with E-state index < -0.39 is 10.0 Å². The third-order valence-corrected chi connectivity index (χ3v) is 6.71. The first-order chi connectivity index (χ1) is 14.9. The van der Waals surface area contributed by atoms with Gasteiger partial charge in [0.05, 0.1) is 23.3 Å². The van der Waals surface area contributed by atoms with Gasteiger partial charge < -0.3 is 15.1 Å². The van der Waals surface area contributed by atoms with Gasteiger partial charge in [0.15, 0.2) is 0 Å². The predicted octanol–water partition coefficient (Wildman–Crippen LogP) is 0.595. The van der Waals surface area contributed by atoms with Crippen LogP contribution in [0.25, 0.3) is 5.52 Å². The van der Waals surface area contributed by atoms with Crippen LogP contribution in [0.1, 0.15) is 23.2 Å². The van der Waals surface area contributed by atoms with E-state index in [9.17, 15) is 13.2 Å². The summed E-state index contributed by atoms with van der Waals surface area (Å²) in [5.74, 6) is 0.486. The first-order valence-electron chi connectivity index (χ1n) is 10.2. The van der Waals surface area contributed by atoms with E-state index in [2.05, 4.69) is 20.3 Å². The summed E-state index contributed by atoms with van der Waals surface area (Å²) in [5.41, 5.74) is 2.46. The summed E-state index contributed by atoms with van der Waals surface area (Å²) >= 11 is 0. The van der Waals surface area contributed by atoms with E-state index >= 15 is 0 Å². The van der Waals surface area contributed by atoms with Crippen molar-refractivity contribution < 1.29 is 13.2 Å². The molecule has 0 aromatic carbocycles. The second-order valence-corrected chi connectivity index (χ2v) is 9.50. The van der Waals surface area contributed by atoms with Gasteiger partial charge in [-0.15, -0.1) is 0 Å². The predicted molar refractivity (Wildman–Crippen MR) is 116 cm³/mol. The van der Waals surface area contributed by atoms with Gasteiger partial charge in [-0.3, -0.25) is 4.79 Å². The molecule has 0 bridgehead atoms. The lowest BCUT2D eigenvalue weighted by Crippen LogP contribution is -2.59. The number of fused-ring (bicyclic) bond motifs is 1. The number of sulfonamides is 1. The molecule has 5 heterocycles. The van der Waals surface area contributed by atoms with Crippen LogP contribution in [0.15, 0.2) is 47.8 Å². The van der Waals surface area contributed by atoms with Gasteiger partial charge in [0.2, 0.25) is 10.0 Å². The lowest BCUT2D eigenvalue weighted by molar-refractivity contribution is 0.0931. The summed E-state index contributed by atoms with van der Waals surface area (Å²) in [6.07, 6.45) is 7.11. The van der Waals surface area contributed by atoms with Gasteiger partial charge in [0.25, 0.3) is 5.91 Å². The largest absolute Gasteiger partial charge is 0.371 e.